The summed E-state index contributed by atoms with van der Waals surface area (Å²) in [5, 5.41) is 20.6. The van der Waals surface area contributed by atoms with E-state index < -0.39 is 17.8 Å². The molecule has 0 radical (unpaired) electrons. The fourth-order valence-electron chi connectivity index (χ4n) is 3.77. The number of aromatic hydroxyl groups is 1. The Labute approximate surface area is 267 Å². The Bertz CT molecular complexity index is 1360. The number of phenols is 1. The summed E-state index contributed by atoms with van der Waals surface area (Å²) >= 11 is 26.3. The summed E-state index contributed by atoms with van der Waals surface area (Å²) in [4.78, 5) is 25.2. The van der Waals surface area contributed by atoms with Gasteiger partial charge < -0.3 is 14.9 Å². The molecule has 2 atom stereocenters. The molecule has 0 fully saturated rings. The monoisotopic (exact) mass is 1060 g/mol. The van der Waals surface area contributed by atoms with Gasteiger partial charge in [-0.2, -0.15) is 0 Å². The van der Waals surface area contributed by atoms with Crippen molar-refractivity contribution in [2.24, 2.45) is 5.92 Å². The van der Waals surface area contributed by atoms with E-state index in [1.165, 1.54) is 0 Å². The van der Waals surface area contributed by atoms with Gasteiger partial charge in [-0.1, -0.05) is 17.7 Å². The van der Waals surface area contributed by atoms with E-state index in [9.17, 15) is 19.8 Å². The van der Waals surface area contributed by atoms with Crippen molar-refractivity contribution in [3.8, 4) is 11.5 Å². The van der Waals surface area contributed by atoms with Crippen LogP contribution in [0.4, 0.5) is 0 Å². The minimum Gasteiger partial charge on any atom is -0.505 e. The standard InChI is InChI=1S/C20H6Br4ClI3O5/c21-10-8(9(20(31)32)11(22)13(24)12(10)23)7-3-1-5(26)16(29)14(25)18(3)33-19-4(7)2-6(27)17(30)15(19)28/h1-2,4,7,29H,(H,31,32). The van der Waals surface area contributed by atoms with Crippen molar-refractivity contribution in [2.75, 3.05) is 0 Å². The molecule has 1 heterocycles. The molecule has 2 unspecified atom stereocenters. The number of rotatable bonds is 2. The van der Waals surface area contributed by atoms with Gasteiger partial charge >= 0.3 is 5.97 Å². The SMILES string of the molecule is O=C1C(I)=CC2C(=C1I)Oc1c(cc(I)c(O)c1Cl)C2c1c(Br)c(Br)c(Br)c(Br)c1C(=O)O. The highest BCUT2D eigenvalue weighted by molar-refractivity contribution is 14.1. The number of benzene rings is 2. The molecule has 5 nitrogen and oxygen atoms in total. The first-order valence-electron chi connectivity index (χ1n) is 8.67. The quantitative estimate of drug-likeness (QED) is 0.178. The Morgan fingerprint density at radius 2 is 1.67 bits per heavy atom. The molecule has 2 aromatic rings. The number of phenolic OH excluding ortho intramolecular Hbond substituents is 1. The van der Waals surface area contributed by atoms with E-state index in [1.807, 2.05) is 67.8 Å². The third kappa shape index (κ3) is 4.41. The van der Waals surface area contributed by atoms with Gasteiger partial charge in [0.05, 0.1) is 12.7 Å². The van der Waals surface area contributed by atoms with E-state index in [2.05, 4.69) is 63.7 Å². The van der Waals surface area contributed by atoms with Crippen LogP contribution in [0.1, 0.15) is 27.4 Å². The molecule has 0 aromatic heterocycles. The molecule has 13 heteroatoms. The van der Waals surface area contributed by atoms with Crippen molar-refractivity contribution in [2.45, 2.75) is 5.92 Å². The molecular weight excluding hydrogens is 1060 g/mol. The maximum atomic E-state index is 12.7. The van der Waals surface area contributed by atoms with Crippen molar-refractivity contribution in [3.63, 3.8) is 0 Å². The predicted octanol–water partition coefficient (Wildman–Crippen LogP) is 9.09. The van der Waals surface area contributed by atoms with Crippen molar-refractivity contribution in [1.29, 1.82) is 0 Å². The van der Waals surface area contributed by atoms with Gasteiger partial charge in [-0.3, -0.25) is 4.79 Å². The van der Waals surface area contributed by atoms with E-state index in [1.54, 1.807) is 12.1 Å². The Hall–Kier alpha value is 1.06. The topological polar surface area (TPSA) is 83.8 Å². The maximum absolute atomic E-state index is 12.7. The molecule has 0 saturated carbocycles. The lowest BCUT2D eigenvalue weighted by Gasteiger charge is -2.38. The van der Waals surface area contributed by atoms with Crippen LogP contribution in [0, 0.1) is 9.49 Å². The lowest BCUT2D eigenvalue weighted by Crippen LogP contribution is -2.30. The fourth-order valence-corrected chi connectivity index (χ4v) is 9.28. The van der Waals surface area contributed by atoms with Crippen molar-refractivity contribution < 1.29 is 24.5 Å². The first kappa shape index (κ1) is 27.1. The molecule has 0 amide bonds. The van der Waals surface area contributed by atoms with Crippen LogP contribution in [0.3, 0.4) is 0 Å². The Balaban J connectivity index is 2.19. The number of fused-ring (bicyclic) bond motifs is 2. The maximum Gasteiger partial charge on any atom is 0.337 e. The number of aromatic carboxylic acids is 1. The summed E-state index contributed by atoms with van der Waals surface area (Å²) in [7, 11) is 0. The third-order valence-electron chi connectivity index (χ3n) is 5.17. The summed E-state index contributed by atoms with van der Waals surface area (Å²) in [5.41, 5.74) is 1.11. The molecule has 33 heavy (non-hydrogen) atoms. The lowest BCUT2D eigenvalue weighted by molar-refractivity contribution is -0.111. The Morgan fingerprint density at radius 3 is 2.27 bits per heavy atom. The number of allylic oxidation sites excluding steroid dienone is 3. The highest BCUT2D eigenvalue weighted by Crippen LogP contribution is 2.58. The lowest BCUT2D eigenvalue weighted by atomic mass is 9.74. The Kier molecular flexibility index (Phi) is 8.28. The molecule has 1 aliphatic carbocycles. The zero-order valence-electron chi connectivity index (χ0n) is 15.5. The van der Waals surface area contributed by atoms with E-state index >= 15 is 0 Å². The zero-order valence-corrected chi connectivity index (χ0v) is 29.0. The van der Waals surface area contributed by atoms with Crippen LogP contribution >= 0.6 is 143 Å². The van der Waals surface area contributed by atoms with Gasteiger partial charge in [0.1, 0.15) is 14.4 Å². The van der Waals surface area contributed by atoms with Gasteiger partial charge in [0.25, 0.3) is 0 Å². The van der Waals surface area contributed by atoms with Gasteiger partial charge in [0.15, 0.2) is 11.5 Å². The number of halogens is 8. The predicted molar refractivity (Wildman–Crippen MR) is 164 cm³/mol. The molecule has 4 rings (SSSR count). The van der Waals surface area contributed by atoms with E-state index in [0.29, 0.717) is 45.5 Å². The molecule has 2 aliphatic rings. The number of Topliss-reactive ketones (excluding diaryl/α,β-unsaturated/α-hetero) is 1. The zero-order chi connectivity index (χ0) is 24.5. The minimum atomic E-state index is -1.14. The number of hydrogen-bond donors (Lipinski definition) is 2. The van der Waals surface area contributed by atoms with Gasteiger partial charge in [-0.15, -0.1) is 0 Å². The summed E-state index contributed by atoms with van der Waals surface area (Å²) in [6.07, 6.45) is 1.78. The molecular formula is C20H6Br4ClI3O5. The highest BCUT2D eigenvalue weighted by Gasteiger charge is 2.45. The molecule has 0 spiro atoms. The number of carboxylic acids is 1. The second-order valence-electron chi connectivity index (χ2n) is 6.92. The van der Waals surface area contributed by atoms with E-state index in [-0.39, 0.29) is 27.9 Å². The molecule has 172 valence electrons. The van der Waals surface area contributed by atoms with Crippen LogP contribution < -0.4 is 4.74 Å². The van der Waals surface area contributed by atoms with Crippen LogP contribution in [0.5, 0.6) is 11.5 Å². The van der Waals surface area contributed by atoms with Crippen LogP contribution in [-0.2, 0) is 4.79 Å². The van der Waals surface area contributed by atoms with Crippen LogP contribution in [-0.4, -0.2) is 22.0 Å². The van der Waals surface area contributed by atoms with Gasteiger partial charge in [0, 0.05) is 35.3 Å². The fraction of sp³-hybridized carbons (Fsp3) is 0.100. The summed E-state index contributed by atoms with van der Waals surface area (Å²) in [5.74, 6) is -2.00. The van der Waals surface area contributed by atoms with Gasteiger partial charge in [-0.05, 0) is 143 Å². The number of carboxylic acid groups (broad SMARTS) is 1. The molecule has 0 saturated heterocycles. The normalized spacial score (nSPS) is 19.6. The smallest absolute Gasteiger partial charge is 0.337 e. The summed E-state index contributed by atoms with van der Waals surface area (Å²) in [6, 6.07) is 1.73. The van der Waals surface area contributed by atoms with Crippen molar-refractivity contribution in [3.05, 3.63) is 68.2 Å². The highest BCUT2D eigenvalue weighted by atomic mass is 127. The van der Waals surface area contributed by atoms with Crippen LogP contribution in [0.25, 0.3) is 0 Å². The Morgan fingerprint density at radius 1 is 1.06 bits per heavy atom. The first-order chi connectivity index (χ1) is 15.4. The molecule has 0 bridgehead atoms. The number of ketones is 1. The molecule has 1 aliphatic heterocycles. The second kappa shape index (κ2) is 10.1. The van der Waals surface area contributed by atoms with Crippen LogP contribution in [0.15, 0.2) is 43.0 Å². The summed E-state index contributed by atoms with van der Waals surface area (Å²) < 4.78 is 9.53. The van der Waals surface area contributed by atoms with E-state index in [4.69, 9.17) is 16.3 Å². The third-order valence-corrected chi connectivity index (χ3v) is 13.0. The number of hydrogen-bond acceptors (Lipinski definition) is 4. The largest absolute Gasteiger partial charge is 0.505 e. The van der Waals surface area contributed by atoms with E-state index in [0.717, 1.165) is 0 Å². The van der Waals surface area contributed by atoms with Gasteiger partial charge in [-0.25, -0.2) is 4.79 Å². The van der Waals surface area contributed by atoms with Crippen LogP contribution in [0.2, 0.25) is 5.02 Å². The average molecular weight is 1060 g/mol. The minimum absolute atomic E-state index is 0.00279. The van der Waals surface area contributed by atoms with Gasteiger partial charge in [0.2, 0.25) is 5.78 Å². The molecule has 2 N–H and O–H groups in total. The number of carbonyl (C=O) groups is 2. The molecule has 2 aromatic carbocycles. The average Bonchev–Trinajstić information content (AvgIpc) is 2.76. The van der Waals surface area contributed by atoms with Crippen molar-refractivity contribution in [1.82, 2.24) is 0 Å². The summed E-state index contributed by atoms with van der Waals surface area (Å²) in [6.45, 7) is 0. The van der Waals surface area contributed by atoms with Crippen molar-refractivity contribution >= 4 is 155 Å². The number of ether oxygens (including phenoxy) is 1. The second-order valence-corrected chi connectivity index (χ2v) is 13.9. The number of carbonyl (C=O) groups excluding carboxylic acids is 1. The first-order valence-corrected chi connectivity index (χ1v) is 15.5.